The molecule has 8 heteroatoms. The molecule has 1 amide bonds. The van der Waals surface area contributed by atoms with E-state index < -0.39 is 0 Å². The van der Waals surface area contributed by atoms with Crippen molar-refractivity contribution < 1.29 is 9.32 Å². The van der Waals surface area contributed by atoms with Gasteiger partial charge >= 0.3 is 0 Å². The van der Waals surface area contributed by atoms with Crippen LogP contribution in [0.2, 0.25) is 0 Å². The lowest BCUT2D eigenvalue weighted by atomic mass is 10.1. The van der Waals surface area contributed by atoms with Gasteiger partial charge in [-0.1, -0.05) is 11.2 Å². The minimum Gasteiger partial charge on any atom is -0.339 e. The van der Waals surface area contributed by atoms with Crippen LogP contribution in [0.25, 0.3) is 17.2 Å². The Balaban J connectivity index is 1.34. The maximum absolute atomic E-state index is 12.4. The molecular weight excluding hydrogens is 344 g/mol. The second-order valence-electron chi connectivity index (χ2n) is 6.58. The van der Waals surface area contributed by atoms with Crippen molar-refractivity contribution >= 4 is 11.6 Å². The van der Waals surface area contributed by atoms with E-state index in [1.165, 1.54) is 0 Å². The molecule has 1 aliphatic heterocycles. The molecule has 5 rings (SSSR count). The SMILES string of the molecule is O=C1CC(c2nc(-c3cn4ccccc4n3)no2)CN1Cc1ccncc1. The largest absolute Gasteiger partial charge is 0.339 e. The van der Waals surface area contributed by atoms with Crippen molar-refractivity contribution in [3.8, 4) is 11.5 Å². The third-order valence-electron chi connectivity index (χ3n) is 4.72. The van der Waals surface area contributed by atoms with Gasteiger partial charge in [0, 0.05) is 44.3 Å². The van der Waals surface area contributed by atoms with E-state index in [2.05, 4.69) is 20.1 Å². The molecule has 0 saturated carbocycles. The van der Waals surface area contributed by atoms with Crippen molar-refractivity contribution in [3.05, 3.63) is 66.6 Å². The zero-order valence-corrected chi connectivity index (χ0v) is 14.4. The first-order valence-corrected chi connectivity index (χ1v) is 8.70. The van der Waals surface area contributed by atoms with Crippen LogP contribution in [0.15, 0.2) is 59.6 Å². The third-order valence-corrected chi connectivity index (χ3v) is 4.72. The highest BCUT2D eigenvalue weighted by atomic mass is 16.5. The predicted octanol–water partition coefficient (Wildman–Crippen LogP) is 2.30. The number of carbonyl (C=O) groups excluding carboxylic acids is 1. The van der Waals surface area contributed by atoms with Gasteiger partial charge in [-0.05, 0) is 29.8 Å². The number of amides is 1. The summed E-state index contributed by atoms with van der Waals surface area (Å²) in [6.07, 6.45) is 7.61. The average molecular weight is 360 g/mol. The van der Waals surface area contributed by atoms with Crippen LogP contribution in [0.3, 0.4) is 0 Å². The first-order valence-electron chi connectivity index (χ1n) is 8.70. The number of nitrogens with zero attached hydrogens (tertiary/aromatic N) is 6. The van der Waals surface area contributed by atoms with Gasteiger partial charge in [0.1, 0.15) is 11.3 Å². The van der Waals surface area contributed by atoms with Gasteiger partial charge in [-0.15, -0.1) is 0 Å². The molecule has 0 aliphatic carbocycles. The van der Waals surface area contributed by atoms with Crippen molar-refractivity contribution in [2.45, 2.75) is 18.9 Å². The number of carbonyl (C=O) groups is 1. The maximum atomic E-state index is 12.4. The molecule has 0 radical (unpaired) electrons. The van der Waals surface area contributed by atoms with E-state index in [0.29, 0.717) is 36.9 Å². The van der Waals surface area contributed by atoms with E-state index in [9.17, 15) is 4.79 Å². The Bertz CT molecular complexity index is 1070. The first-order chi connectivity index (χ1) is 13.3. The lowest BCUT2D eigenvalue weighted by molar-refractivity contribution is -0.128. The van der Waals surface area contributed by atoms with E-state index in [-0.39, 0.29) is 11.8 Å². The molecule has 1 fully saturated rings. The lowest BCUT2D eigenvalue weighted by Crippen LogP contribution is -2.24. The fourth-order valence-electron chi connectivity index (χ4n) is 3.35. The van der Waals surface area contributed by atoms with Gasteiger partial charge in [0.25, 0.3) is 0 Å². The Morgan fingerprint density at radius 1 is 1.15 bits per heavy atom. The minimum absolute atomic E-state index is 0.0873. The highest BCUT2D eigenvalue weighted by Gasteiger charge is 2.34. The van der Waals surface area contributed by atoms with Crippen LogP contribution in [0.1, 0.15) is 23.8 Å². The summed E-state index contributed by atoms with van der Waals surface area (Å²) in [6.45, 7) is 1.12. The van der Waals surface area contributed by atoms with Gasteiger partial charge in [-0.25, -0.2) is 4.98 Å². The van der Waals surface area contributed by atoms with E-state index in [1.54, 1.807) is 12.4 Å². The summed E-state index contributed by atoms with van der Waals surface area (Å²) < 4.78 is 7.35. The van der Waals surface area contributed by atoms with E-state index in [0.717, 1.165) is 11.2 Å². The van der Waals surface area contributed by atoms with Gasteiger partial charge in [-0.3, -0.25) is 9.78 Å². The zero-order valence-electron chi connectivity index (χ0n) is 14.4. The Morgan fingerprint density at radius 3 is 2.89 bits per heavy atom. The summed E-state index contributed by atoms with van der Waals surface area (Å²) in [5.41, 5.74) is 2.52. The van der Waals surface area contributed by atoms with Gasteiger partial charge < -0.3 is 13.8 Å². The standard InChI is InChI=1S/C19H16N6O2/c26-17-9-14(11-25(17)10-13-4-6-20-7-5-13)19-22-18(23-27-19)15-12-24-8-2-1-3-16(24)21-15/h1-8,12,14H,9-11H2. The molecule has 1 unspecified atom stereocenters. The number of aromatic nitrogens is 5. The monoisotopic (exact) mass is 360 g/mol. The summed E-state index contributed by atoms with van der Waals surface area (Å²) >= 11 is 0. The van der Waals surface area contributed by atoms with Crippen LogP contribution in [-0.2, 0) is 11.3 Å². The summed E-state index contributed by atoms with van der Waals surface area (Å²) in [4.78, 5) is 27.2. The summed E-state index contributed by atoms with van der Waals surface area (Å²) in [5.74, 6) is 0.906. The van der Waals surface area contributed by atoms with Crippen LogP contribution in [0.5, 0.6) is 0 Å². The highest BCUT2D eigenvalue weighted by Crippen LogP contribution is 2.29. The molecule has 134 valence electrons. The van der Waals surface area contributed by atoms with Crippen molar-refractivity contribution in [1.29, 1.82) is 0 Å². The molecule has 1 aliphatic rings. The normalized spacial score (nSPS) is 17.1. The zero-order chi connectivity index (χ0) is 18.2. The number of fused-ring (bicyclic) bond motifs is 1. The number of hydrogen-bond acceptors (Lipinski definition) is 6. The van der Waals surface area contributed by atoms with Crippen LogP contribution < -0.4 is 0 Å². The van der Waals surface area contributed by atoms with Crippen molar-refractivity contribution in [3.63, 3.8) is 0 Å². The Morgan fingerprint density at radius 2 is 2.04 bits per heavy atom. The lowest BCUT2D eigenvalue weighted by Gasteiger charge is -2.15. The number of hydrogen-bond donors (Lipinski definition) is 0. The van der Waals surface area contributed by atoms with Gasteiger partial charge in [-0.2, -0.15) is 4.98 Å². The predicted molar refractivity (Wildman–Crippen MR) is 95.5 cm³/mol. The maximum Gasteiger partial charge on any atom is 0.232 e. The topological polar surface area (TPSA) is 89.4 Å². The molecule has 0 N–H and O–H groups in total. The molecule has 1 atom stereocenters. The van der Waals surface area contributed by atoms with E-state index in [4.69, 9.17) is 4.52 Å². The fraction of sp³-hybridized carbons (Fsp3) is 0.211. The van der Waals surface area contributed by atoms with Gasteiger partial charge in [0.2, 0.25) is 17.6 Å². The molecule has 27 heavy (non-hydrogen) atoms. The molecular formula is C19H16N6O2. The second-order valence-corrected chi connectivity index (χ2v) is 6.58. The smallest absolute Gasteiger partial charge is 0.232 e. The number of imidazole rings is 1. The molecule has 5 heterocycles. The number of likely N-dealkylation sites (tertiary alicyclic amines) is 1. The van der Waals surface area contributed by atoms with Crippen LogP contribution >= 0.6 is 0 Å². The average Bonchev–Trinajstić information content (AvgIpc) is 3.41. The Hall–Kier alpha value is -3.55. The molecule has 0 bridgehead atoms. The first kappa shape index (κ1) is 15.7. The van der Waals surface area contributed by atoms with E-state index in [1.807, 2.05) is 52.0 Å². The minimum atomic E-state index is -0.0994. The molecule has 0 spiro atoms. The van der Waals surface area contributed by atoms with Crippen molar-refractivity contribution in [1.82, 2.24) is 29.4 Å². The quantitative estimate of drug-likeness (QED) is 0.555. The highest BCUT2D eigenvalue weighted by molar-refractivity contribution is 5.79. The second kappa shape index (κ2) is 6.31. The van der Waals surface area contributed by atoms with Crippen LogP contribution in [-0.4, -0.2) is 41.9 Å². The van der Waals surface area contributed by atoms with E-state index >= 15 is 0 Å². The third kappa shape index (κ3) is 2.95. The van der Waals surface area contributed by atoms with Gasteiger partial charge in [0.05, 0.1) is 5.92 Å². The molecule has 4 aromatic rings. The molecule has 0 aromatic carbocycles. The van der Waals surface area contributed by atoms with Gasteiger partial charge in [0.15, 0.2) is 0 Å². The summed E-state index contributed by atoms with van der Waals surface area (Å²) in [7, 11) is 0. The molecule has 8 nitrogen and oxygen atoms in total. The summed E-state index contributed by atoms with van der Waals surface area (Å²) in [5, 5.41) is 4.06. The summed E-state index contributed by atoms with van der Waals surface area (Å²) in [6, 6.07) is 9.59. The van der Waals surface area contributed by atoms with Crippen LogP contribution in [0.4, 0.5) is 0 Å². The van der Waals surface area contributed by atoms with Crippen molar-refractivity contribution in [2.24, 2.45) is 0 Å². The Labute approximate surface area is 154 Å². The van der Waals surface area contributed by atoms with Crippen molar-refractivity contribution in [2.75, 3.05) is 6.54 Å². The fourth-order valence-corrected chi connectivity index (χ4v) is 3.35. The number of pyridine rings is 2. The Kier molecular flexibility index (Phi) is 3.67. The molecule has 1 saturated heterocycles. The molecule has 4 aromatic heterocycles. The number of rotatable bonds is 4. The van der Waals surface area contributed by atoms with Crippen LogP contribution in [0, 0.1) is 0 Å².